The van der Waals surface area contributed by atoms with Gasteiger partial charge in [-0.3, -0.25) is 0 Å². The zero-order valence-electron chi connectivity index (χ0n) is 25.3. The molecule has 1 aliphatic rings. The van der Waals surface area contributed by atoms with Crippen LogP contribution < -0.4 is 10.5 Å². The number of hydrogen-bond acceptors (Lipinski definition) is 8. The minimum Gasteiger partial charge on any atom is -0.504 e. The zero-order valence-corrected chi connectivity index (χ0v) is 25.3. The SMILES string of the molecule is Nc1cc(C(Cc2ccc[nH]2)CC(CO)Oc2cc(CCC(O)C3CC#CC(CCO)CCCCC3O)ccc2O)ccn1. The molecule has 6 atom stereocenters. The molecule has 0 aliphatic heterocycles. The van der Waals surface area contributed by atoms with Gasteiger partial charge in [0.1, 0.15) is 11.9 Å². The highest BCUT2D eigenvalue weighted by molar-refractivity contribution is 5.42. The highest BCUT2D eigenvalue weighted by atomic mass is 16.5. The number of aliphatic hydroxyl groups is 4. The smallest absolute Gasteiger partial charge is 0.161 e. The number of aryl methyl sites for hydroxylation is 1. The maximum Gasteiger partial charge on any atom is 0.161 e. The summed E-state index contributed by atoms with van der Waals surface area (Å²) in [5, 5.41) is 52.1. The van der Waals surface area contributed by atoms with Crippen LogP contribution in [0.5, 0.6) is 11.5 Å². The summed E-state index contributed by atoms with van der Waals surface area (Å²) in [6, 6.07) is 12.8. The summed E-state index contributed by atoms with van der Waals surface area (Å²) < 4.78 is 6.17. The molecule has 9 nitrogen and oxygen atoms in total. The van der Waals surface area contributed by atoms with E-state index in [1.807, 2.05) is 30.5 Å². The monoisotopic (exact) mass is 605 g/mol. The number of ether oxygens (including phenoxy) is 1. The lowest BCUT2D eigenvalue weighted by atomic mass is 9.85. The molecule has 9 heteroatoms. The highest BCUT2D eigenvalue weighted by Crippen LogP contribution is 2.33. The largest absolute Gasteiger partial charge is 0.504 e. The van der Waals surface area contributed by atoms with Crippen LogP contribution in [0.15, 0.2) is 54.9 Å². The average Bonchev–Trinajstić information content (AvgIpc) is 3.53. The van der Waals surface area contributed by atoms with Gasteiger partial charge in [0.05, 0.1) is 18.8 Å². The number of aromatic nitrogens is 2. The van der Waals surface area contributed by atoms with Crippen molar-refractivity contribution in [3.05, 3.63) is 71.7 Å². The number of phenols is 1. The molecule has 0 bridgehead atoms. The molecule has 0 amide bonds. The van der Waals surface area contributed by atoms with E-state index in [0.29, 0.717) is 50.8 Å². The second-order valence-electron chi connectivity index (χ2n) is 11.9. The van der Waals surface area contributed by atoms with Gasteiger partial charge in [0.15, 0.2) is 11.5 Å². The Kier molecular flexibility index (Phi) is 12.9. The first kappa shape index (κ1) is 33.3. The molecule has 0 saturated carbocycles. The normalized spacial score (nSPS) is 21.0. The Balaban J connectivity index is 1.41. The first-order valence-electron chi connectivity index (χ1n) is 15.7. The number of aromatic hydroxyl groups is 1. The summed E-state index contributed by atoms with van der Waals surface area (Å²) in [6.45, 7) is -0.136. The quantitative estimate of drug-likeness (QED) is 0.135. The van der Waals surface area contributed by atoms with Crippen LogP contribution in [-0.4, -0.2) is 67.0 Å². The van der Waals surface area contributed by atoms with Gasteiger partial charge in [0, 0.05) is 43.0 Å². The Labute approximate surface area is 260 Å². The van der Waals surface area contributed by atoms with E-state index in [2.05, 4.69) is 21.8 Å². The number of anilines is 1. The molecule has 0 saturated heterocycles. The Bertz CT molecular complexity index is 1340. The van der Waals surface area contributed by atoms with Crippen molar-refractivity contribution in [3.63, 3.8) is 0 Å². The Morgan fingerprint density at radius 2 is 1.95 bits per heavy atom. The van der Waals surface area contributed by atoms with Crippen molar-refractivity contribution in [1.29, 1.82) is 0 Å². The van der Waals surface area contributed by atoms with Crippen molar-refractivity contribution in [2.75, 3.05) is 18.9 Å². The molecular weight excluding hydrogens is 558 g/mol. The molecule has 1 aromatic carbocycles. The zero-order chi connectivity index (χ0) is 31.3. The number of phenolic OH excluding ortho intramolecular Hbond substituents is 1. The van der Waals surface area contributed by atoms with E-state index in [-0.39, 0.29) is 42.5 Å². The van der Waals surface area contributed by atoms with Gasteiger partial charge in [-0.05, 0) is 98.4 Å². The predicted octanol–water partition coefficient (Wildman–Crippen LogP) is 4.09. The van der Waals surface area contributed by atoms with Crippen molar-refractivity contribution in [3.8, 4) is 23.3 Å². The van der Waals surface area contributed by atoms with Crippen molar-refractivity contribution in [2.45, 2.75) is 88.4 Å². The third-order valence-corrected chi connectivity index (χ3v) is 8.62. The van der Waals surface area contributed by atoms with E-state index in [4.69, 9.17) is 10.5 Å². The number of H-pyrrole nitrogens is 1. The number of nitrogen functional groups attached to an aromatic ring is 1. The fourth-order valence-corrected chi connectivity index (χ4v) is 6.06. The second kappa shape index (κ2) is 17.1. The van der Waals surface area contributed by atoms with Gasteiger partial charge >= 0.3 is 0 Å². The van der Waals surface area contributed by atoms with E-state index in [1.54, 1.807) is 24.4 Å². The maximum absolute atomic E-state index is 11.1. The number of nitrogens with zero attached hydrogens (tertiary/aromatic N) is 1. The number of pyridine rings is 1. The first-order chi connectivity index (χ1) is 21.4. The number of nitrogens with two attached hydrogens (primary N) is 1. The summed E-state index contributed by atoms with van der Waals surface area (Å²) >= 11 is 0. The minimum absolute atomic E-state index is 0.0257. The summed E-state index contributed by atoms with van der Waals surface area (Å²) in [7, 11) is 0. The molecule has 4 rings (SSSR count). The number of hydrogen-bond donors (Lipinski definition) is 7. The van der Waals surface area contributed by atoms with Crippen molar-refractivity contribution in [1.82, 2.24) is 9.97 Å². The van der Waals surface area contributed by atoms with Gasteiger partial charge in [-0.1, -0.05) is 24.8 Å². The molecule has 3 aromatic rings. The Hall–Kier alpha value is -3.55. The fourth-order valence-electron chi connectivity index (χ4n) is 6.06. The first-order valence-corrected chi connectivity index (χ1v) is 15.7. The maximum atomic E-state index is 11.1. The van der Waals surface area contributed by atoms with Gasteiger partial charge < -0.3 is 41.0 Å². The lowest BCUT2D eigenvalue weighted by molar-refractivity contribution is 0.00555. The van der Waals surface area contributed by atoms with Gasteiger partial charge in [-0.25, -0.2) is 4.98 Å². The number of aliphatic hydroxyl groups excluding tert-OH is 4. The van der Waals surface area contributed by atoms with E-state index in [0.717, 1.165) is 36.1 Å². The number of nitrogens with one attached hydrogen (secondary N) is 1. The van der Waals surface area contributed by atoms with Gasteiger partial charge in [-0.15, -0.1) is 5.92 Å². The molecule has 0 spiro atoms. The molecule has 2 aromatic heterocycles. The van der Waals surface area contributed by atoms with E-state index >= 15 is 0 Å². The highest BCUT2D eigenvalue weighted by Gasteiger charge is 2.27. The van der Waals surface area contributed by atoms with Crippen molar-refractivity contribution in [2.24, 2.45) is 11.8 Å². The lowest BCUT2D eigenvalue weighted by Gasteiger charge is -2.27. The molecule has 1 aliphatic carbocycles. The van der Waals surface area contributed by atoms with Crippen LogP contribution in [0.25, 0.3) is 0 Å². The fraction of sp³-hybridized carbons (Fsp3) is 0.514. The molecule has 6 unspecified atom stereocenters. The van der Waals surface area contributed by atoms with Crippen molar-refractivity contribution >= 4 is 5.82 Å². The van der Waals surface area contributed by atoms with Crippen LogP contribution in [0.4, 0.5) is 5.82 Å². The summed E-state index contributed by atoms with van der Waals surface area (Å²) in [6.07, 6.45) is 8.03. The standard InChI is InChI=1S/C35H47N3O6/c36-35-22-26(14-17-38-35)27(20-28-7-4-16-37-28)21-29(23-40)44-34-19-25(11-13-33(34)43)10-12-32(42)30-8-3-6-24(15-18-39)5-1-2-9-31(30)41/h4,7,11,13-14,16-17,19,22,24,27,29-32,37,39-43H,1-2,5,8-10,12,15,18,20-21,23H2,(H2,36,38). The Morgan fingerprint density at radius 3 is 2.70 bits per heavy atom. The van der Waals surface area contributed by atoms with Gasteiger partial charge in [0.25, 0.3) is 0 Å². The van der Waals surface area contributed by atoms with Crippen LogP contribution in [0.2, 0.25) is 0 Å². The molecular formula is C35H47N3O6. The molecule has 2 heterocycles. The molecule has 0 fully saturated rings. The van der Waals surface area contributed by atoms with E-state index in [1.165, 1.54) is 0 Å². The molecule has 8 N–H and O–H groups in total. The number of aromatic amines is 1. The van der Waals surface area contributed by atoms with Crippen molar-refractivity contribution < 1.29 is 30.3 Å². The molecule has 238 valence electrons. The van der Waals surface area contributed by atoms with Crippen LogP contribution in [0.1, 0.15) is 74.1 Å². The third-order valence-electron chi connectivity index (χ3n) is 8.62. The van der Waals surface area contributed by atoms with Gasteiger partial charge in [-0.2, -0.15) is 0 Å². The number of rotatable bonds is 14. The molecule has 44 heavy (non-hydrogen) atoms. The van der Waals surface area contributed by atoms with E-state index < -0.39 is 18.3 Å². The second-order valence-corrected chi connectivity index (χ2v) is 11.9. The lowest BCUT2D eigenvalue weighted by Crippen LogP contribution is -2.32. The van der Waals surface area contributed by atoms with Crippen LogP contribution in [-0.2, 0) is 12.8 Å². The van der Waals surface area contributed by atoms with E-state index in [9.17, 15) is 25.5 Å². The third kappa shape index (κ3) is 10.00. The van der Waals surface area contributed by atoms with Crippen LogP contribution in [0, 0.1) is 23.7 Å². The topological polar surface area (TPSA) is 165 Å². The Morgan fingerprint density at radius 1 is 1.11 bits per heavy atom. The summed E-state index contributed by atoms with van der Waals surface area (Å²) in [5.74, 6) is 6.83. The summed E-state index contributed by atoms with van der Waals surface area (Å²) in [5.41, 5.74) is 8.85. The van der Waals surface area contributed by atoms with Crippen LogP contribution >= 0.6 is 0 Å². The van der Waals surface area contributed by atoms with Crippen LogP contribution in [0.3, 0.4) is 0 Å². The average molecular weight is 606 g/mol. The predicted molar refractivity (Wildman–Crippen MR) is 170 cm³/mol. The minimum atomic E-state index is -0.750. The summed E-state index contributed by atoms with van der Waals surface area (Å²) in [4.78, 5) is 7.34. The number of benzene rings is 1. The molecule has 0 radical (unpaired) electrons. The van der Waals surface area contributed by atoms with Gasteiger partial charge in [0.2, 0.25) is 0 Å².